The van der Waals surface area contributed by atoms with E-state index in [1.165, 1.54) is 31.2 Å². The first-order valence-electron chi connectivity index (χ1n) is 11.3. The molecule has 1 aliphatic heterocycles. The van der Waals surface area contributed by atoms with Crippen molar-refractivity contribution in [2.75, 3.05) is 7.11 Å². The molecule has 1 N–H and O–H groups in total. The Kier molecular flexibility index (Phi) is 9.47. The van der Waals surface area contributed by atoms with Crippen molar-refractivity contribution in [3.8, 4) is 0 Å². The minimum atomic E-state index is -1.96. The molecular formula is C26H26O11. The van der Waals surface area contributed by atoms with Crippen molar-refractivity contribution >= 4 is 29.7 Å². The number of carbonyl (C=O) groups is 5. The number of ketones is 1. The summed E-state index contributed by atoms with van der Waals surface area (Å²) in [6.45, 7) is 1.29. The number of ether oxygens (including phenoxy) is 5. The third kappa shape index (κ3) is 7.21. The molecule has 11 heteroatoms. The largest absolute Gasteiger partial charge is 0.467 e. The van der Waals surface area contributed by atoms with Gasteiger partial charge in [0.15, 0.2) is 30.7 Å². The van der Waals surface area contributed by atoms with Crippen LogP contribution in [0.3, 0.4) is 0 Å². The van der Waals surface area contributed by atoms with Gasteiger partial charge >= 0.3 is 23.9 Å². The molecular weight excluding hydrogens is 488 g/mol. The van der Waals surface area contributed by atoms with Crippen LogP contribution in [0.4, 0.5) is 0 Å². The molecule has 196 valence electrons. The number of aliphatic hydroxyl groups is 1. The third-order valence-electron chi connectivity index (χ3n) is 5.40. The number of rotatable bonds is 9. The molecule has 37 heavy (non-hydrogen) atoms. The fourth-order valence-corrected chi connectivity index (χ4v) is 3.54. The quantitative estimate of drug-likeness (QED) is 0.384. The van der Waals surface area contributed by atoms with Gasteiger partial charge in [-0.15, -0.1) is 0 Å². The van der Waals surface area contributed by atoms with E-state index in [2.05, 4.69) is 0 Å². The highest BCUT2D eigenvalue weighted by molar-refractivity contribution is 5.90. The number of methoxy groups -OCH3 is 1. The number of hydrogen-bond donors (Lipinski definition) is 1. The number of hydrogen-bond acceptors (Lipinski definition) is 11. The van der Waals surface area contributed by atoms with Crippen molar-refractivity contribution in [3.05, 3.63) is 71.8 Å². The average Bonchev–Trinajstić information content (AvgIpc) is 2.91. The Morgan fingerprint density at radius 2 is 1.27 bits per heavy atom. The molecule has 0 amide bonds. The van der Waals surface area contributed by atoms with Crippen LogP contribution in [0, 0.1) is 0 Å². The van der Waals surface area contributed by atoms with Crippen LogP contribution in [0.25, 0.3) is 0 Å². The van der Waals surface area contributed by atoms with Gasteiger partial charge in [0.25, 0.3) is 0 Å². The maximum atomic E-state index is 12.9. The SMILES string of the molecule is COC(=O)[C@H]1OC(O)[C@H](OC(=O)c2ccccc2)[C@@H](OC(=O)c2ccccc2)[C@@H]1OC(=O)CCC(C)=O. The minimum absolute atomic E-state index is 0.105. The van der Waals surface area contributed by atoms with E-state index in [-0.39, 0.29) is 29.8 Å². The molecule has 0 aromatic heterocycles. The number of carbonyl (C=O) groups excluding carboxylic acids is 5. The first kappa shape index (κ1) is 27.5. The van der Waals surface area contributed by atoms with Crippen molar-refractivity contribution in [3.63, 3.8) is 0 Å². The molecule has 1 saturated heterocycles. The monoisotopic (exact) mass is 514 g/mol. The van der Waals surface area contributed by atoms with E-state index in [0.29, 0.717) is 0 Å². The van der Waals surface area contributed by atoms with Gasteiger partial charge in [0.2, 0.25) is 0 Å². The molecule has 0 spiro atoms. The van der Waals surface area contributed by atoms with Gasteiger partial charge in [0.1, 0.15) is 5.78 Å². The number of aliphatic hydroxyl groups excluding tert-OH is 1. The van der Waals surface area contributed by atoms with E-state index in [1.54, 1.807) is 36.4 Å². The smallest absolute Gasteiger partial charge is 0.339 e. The third-order valence-corrected chi connectivity index (χ3v) is 5.40. The van der Waals surface area contributed by atoms with E-state index >= 15 is 0 Å². The molecule has 1 heterocycles. The second-order valence-electron chi connectivity index (χ2n) is 8.10. The Hall–Kier alpha value is -4.09. The van der Waals surface area contributed by atoms with Crippen LogP contribution in [0.1, 0.15) is 40.5 Å². The zero-order valence-corrected chi connectivity index (χ0v) is 20.1. The number of esters is 4. The molecule has 0 saturated carbocycles. The lowest BCUT2D eigenvalue weighted by molar-refractivity contribution is -0.282. The molecule has 3 rings (SSSR count). The molecule has 5 atom stereocenters. The highest BCUT2D eigenvalue weighted by atomic mass is 16.7. The van der Waals surface area contributed by atoms with E-state index in [9.17, 15) is 29.1 Å². The second kappa shape index (κ2) is 12.7. The standard InChI is InChI=1S/C26H26O11/c1-15(27)13-14-18(28)34-19-20(35-23(29)16-9-5-3-6-10-16)22(26(32)37-21(19)25(31)33-2)36-24(30)17-11-7-4-8-12-17/h3-12,19-22,26,32H,13-14H2,1-2H3/t19-,20-,21-,22+,26?/m0/s1. The fourth-order valence-electron chi connectivity index (χ4n) is 3.54. The summed E-state index contributed by atoms with van der Waals surface area (Å²) in [5.74, 6) is -4.04. The Bertz CT molecular complexity index is 1120. The molecule has 2 aromatic carbocycles. The molecule has 11 nitrogen and oxygen atoms in total. The van der Waals surface area contributed by atoms with Crippen LogP contribution in [-0.4, -0.2) is 72.6 Å². The summed E-state index contributed by atoms with van der Waals surface area (Å²) in [6, 6.07) is 15.5. The molecule has 2 aromatic rings. The molecule has 0 bridgehead atoms. The summed E-state index contributed by atoms with van der Waals surface area (Å²) in [5, 5.41) is 10.7. The van der Waals surface area contributed by atoms with Crippen molar-refractivity contribution in [1.29, 1.82) is 0 Å². The Balaban J connectivity index is 1.97. The minimum Gasteiger partial charge on any atom is -0.467 e. The topological polar surface area (TPSA) is 152 Å². The summed E-state index contributed by atoms with van der Waals surface area (Å²) in [7, 11) is 1.04. The van der Waals surface area contributed by atoms with Gasteiger partial charge in [-0.3, -0.25) is 4.79 Å². The first-order valence-corrected chi connectivity index (χ1v) is 11.3. The van der Waals surface area contributed by atoms with Gasteiger partial charge in [-0.25, -0.2) is 14.4 Å². The number of Topliss-reactive ketones (excluding diaryl/α,β-unsaturated/α-hetero) is 1. The molecule has 1 aliphatic rings. The maximum absolute atomic E-state index is 12.9. The highest BCUT2D eigenvalue weighted by Crippen LogP contribution is 2.30. The van der Waals surface area contributed by atoms with Crippen molar-refractivity contribution in [2.24, 2.45) is 0 Å². The van der Waals surface area contributed by atoms with E-state index < -0.39 is 54.6 Å². The summed E-state index contributed by atoms with van der Waals surface area (Å²) >= 11 is 0. The second-order valence-corrected chi connectivity index (χ2v) is 8.10. The van der Waals surface area contributed by atoms with Gasteiger partial charge in [0, 0.05) is 6.42 Å². The number of benzene rings is 2. The van der Waals surface area contributed by atoms with E-state index in [4.69, 9.17) is 23.7 Å². The Labute approximate surface area is 212 Å². The molecule has 1 unspecified atom stereocenters. The lowest BCUT2D eigenvalue weighted by Gasteiger charge is -2.42. The normalized spacial score (nSPS) is 22.8. The van der Waals surface area contributed by atoms with Crippen molar-refractivity contribution < 1.29 is 52.8 Å². The zero-order valence-electron chi connectivity index (χ0n) is 20.1. The lowest BCUT2D eigenvalue weighted by Crippen LogP contribution is -2.63. The van der Waals surface area contributed by atoms with Crippen LogP contribution < -0.4 is 0 Å². The van der Waals surface area contributed by atoms with Gasteiger partial charge in [-0.05, 0) is 31.2 Å². The van der Waals surface area contributed by atoms with Crippen LogP contribution in [0.5, 0.6) is 0 Å². The molecule has 0 radical (unpaired) electrons. The Morgan fingerprint density at radius 1 is 0.757 bits per heavy atom. The van der Waals surface area contributed by atoms with Crippen LogP contribution in [-0.2, 0) is 38.1 Å². The predicted molar refractivity (Wildman–Crippen MR) is 124 cm³/mol. The van der Waals surface area contributed by atoms with Crippen LogP contribution >= 0.6 is 0 Å². The maximum Gasteiger partial charge on any atom is 0.339 e. The summed E-state index contributed by atoms with van der Waals surface area (Å²) in [5.41, 5.74) is 0.223. The van der Waals surface area contributed by atoms with E-state index in [1.807, 2.05) is 0 Å². The summed E-state index contributed by atoms with van der Waals surface area (Å²) in [6.07, 6.45) is -9.24. The summed E-state index contributed by atoms with van der Waals surface area (Å²) in [4.78, 5) is 62.0. The van der Waals surface area contributed by atoms with Crippen molar-refractivity contribution in [2.45, 2.75) is 50.5 Å². The fraction of sp³-hybridized carbons (Fsp3) is 0.346. The predicted octanol–water partition coefficient (Wildman–Crippen LogP) is 1.61. The Morgan fingerprint density at radius 3 is 1.76 bits per heavy atom. The first-order chi connectivity index (χ1) is 17.7. The van der Waals surface area contributed by atoms with Gasteiger partial charge in [0.05, 0.1) is 24.7 Å². The molecule has 1 fully saturated rings. The van der Waals surface area contributed by atoms with Gasteiger partial charge in [-0.1, -0.05) is 36.4 Å². The zero-order chi connectivity index (χ0) is 26.9. The summed E-state index contributed by atoms with van der Waals surface area (Å²) < 4.78 is 26.4. The van der Waals surface area contributed by atoms with E-state index in [0.717, 1.165) is 7.11 Å². The lowest BCUT2D eigenvalue weighted by atomic mass is 9.97. The van der Waals surface area contributed by atoms with Crippen LogP contribution in [0.2, 0.25) is 0 Å². The van der Waals surface area contributed by atoms with Crippen LogP contribution in [0.15, 0.2) is 60.7 Å². The van der Waals surface area contributed by atoms with Crippen molar-refractivity contribution in [1.82, 2.24) is 0 Å². The average molecular weight is 514 g/mol. The highest BCUT2D eigenvalue weighted by Gasteiger charge is 2.55. The van der Waals surface area contributed by atoms with Gasteiger partial charge < -0.3 is 33.6 Å². The molecule has 0 aliphatic carbocycles. The van der Waals surface area contributed by atoms with Gasteiger partial charge in [-0.2, -0.15) is 0 Å².